The summed E-state index contributed by atoms with van der Waals surface area (Å²) in [5, 5.41) is 13.5. The Bertz CT molecular complexity index is 932. The van der Waals surface area contributed by atoms with Crippen molar-refractivity contribution in [3.63, 3.8) is 0 Å². The smallest absolute Gasteiger partial charge is 0.251 e. The molecule has 1 aromatic carbocycles. The third-order valence-electron chi connectivity index (χ3n) is 7.26. The van der Waals surface area contributed by atoms with Crippen LogP contribution in [0.15, 0.2) is 24.3 Å². The van der Waals surface area contributed by atoms with Gasteiger partial charge < -0.3 is 29.9 Å². The van der Waals surface area contributed by atoms with Gasteiger partial charge in [0.2, 0.25) is 5.91 Å². The lowest BCUT2D eigenvalue weighted by Gasteiger charge is -2.34. The summed E-state index contributed by atoms with van der Waals surface area (Å²) in [7, 11) is 2.11. The molecule has 2 N–H and O–H groups in total. The number of nitrogens with zero attached hydrogens (tertiary/aromatic N) is 3. The number of Topliss-reactive ketones (excluding diaryl/α,β-unsaturated/α-hetero) is 1. The number of anilines is 1. The normalized spacial score (nSPS) is 29.1. The highest BCUT2D eigenvalue weighted by Gasteiger charge is 2.59. The number of thiol groups is 1. The van der Waals surface area contributed by atoms with Crippen molar-refractivity contribution in [2.75, 3.05) is 51.3 Å². The molecule has 0 bridgehead atoms. The summed E-state index contributed by atoms with van der Waals surface area (Å²) in [5.74, 6) is -1.20. The highest BCUT2D eigenvalue weighted by Crippen LogP contribution is 2.37. The number of likely N-dealkylation sites (tertiary alicyclic amines) is 1. The van der Waals surface area contributed by atoms with Gasteiger partial charge in [-0.05, 0) is 37.2 Å². The number of piperazine rings is 1. The van der Waals surface area contributed by atoms with Gasteiger partial charge in [-0.2, -0.15) is 0 Å². The van der Waals surface area contributed by atoms with E-state index in [4.69, 9.17) is 4.74 Å². The second kappa shape index (κ2) is 9.85. The molecule has 3 fully saturated rings. The van der Waals surface area contributed by atoms with E-state index >= 15 is 0 Å². The number of amides is 2. The van der Waals surface area contributed by atoms with Crippen LogP contribution >= 0.6 is 12.6 Å². The Hall–Kier alpha value is -2.14. The summed E-state index contributed by atoms with van der Waals surface area (Å²) in [6.07, 6.45) is -0.223. The Morgan fingerprint density at radius 3 is 2.50 bits per heavy atom. The number of benzene rings is 1. The lowest BCUT2D eigenvalue weighted by molar-refractivity contribution is -0.139. The van der Waals surface area contributed by atoms with E-state index in [-0.39, 0.29) is 30.8 Å². The number of likely N-dealkylation sites (N-methyl/N-ethyl adjacent to an activating group) is 1. The van der Waals surface area contributed by atoms with Crippen LogP contribution in [0.5, 0.6) is 0 Å². The minimum atomic E-state index is -1.62. The van der Waals surface area contributed by atoms with E-state index < -0.39 is 29.0 Å². The number of nitrogens with one attached hydrogen (secondary N) is 1. The maximum Gasteiger partial charge on any atom is 0.251 e. The largest absolute Gasteiger partial charge is 0.375 e. The van der Waals surface area contributed by atoms with Crippen molar-refractivity contribution in [3.8, 4) is 0 Å². The topological polar surface area (TPSA) is 102 Å². The van der Waals surface area contributed by atoms with Crippen molar-refractivity contribution in [2.45, 2.75) is 43.4 Å². The lowest BCUT2D eigenvalue weighted by atomic mass is 9.96. The highest BCUT2D eigenvalue weighted by atomic mass is 32.1. The minimum absolute atomic E-state index is 0.140. The fourth-order valence-electron chi connectivity index (χ4n) is 4.87. The number of rotatable bonds is 6. The molecule has 186 valence electrons. The van der Waals surface area contributed by atoms with Gasteiger partial charge in [-0.3, -0.25) is 14.4 Å². The predicted molar refractivity (Wildman–Crippen MR) is 131 cm³/mol. The number of hydrogen-bond donors (Lipinski definition) is 3. The first kappa shape index (κ1) is 25.0. The van der Waals surface area contributed by atoms with Gasteiger partial charge in [-0.1, -0.05) is 20.3 Å². The molecule has 9 nitrogen and oxygen atoms in total. The lowest BCUT2D eigenvalue weighted by Crippen LogP contribution is -2.54. The maximum absolute atomic E-state index is 13.5. The first-order valence-electron chi connectivity index (χ1n) is 11.9. The number of carbonyl (C=O) groups excluding carboxylic acids is 3. The summed E-state index contributed by atoms with van der Waals surface area (Å²) in [6, 6.07) is 5.68. The third-order valence-corrected chi connectivity index (χ3v) is 7.66. The van der Waals surface area contributed by atoms with Crippen molar-refractivity contribution in [1.29, 1.82) is 0 Å². The summed E-state index contributed by atoms with van der Waals surface area (Å²) in [4.78, 5) is 43.3. The van der Waals surface area contributed by atoms with Gasteiger partial charge in [0, 0.05) is 37.4 Å². The van der Waals surface area contributed by atoms with Crippen molar-refractivity contribution in [1.82, 2.24) is 15.1 Å². The monoisotopic (exact) mass is 490 g/mol. The molecule has 5 atom stereocenters. The second-order valence-corrected chi connectivity index (χ2v) is 10.4. The fourth-order valence-corrected chi connectivity index (χ4v) is 5.24. The molecule has 1 unspecified atom stereocenters. The molecule has 0 aliphatic carbocycles. The molecule has 34 heavy (non-hydrogen) atoms. The molecule has 4 rings (SSSR count). The minimum Gasteiger partial charge on any atom is -0.375 e. The predicted octanol–water partition coefficient (Wildman–Crippen LogP) is 0.380. The summed E-state index contributed by atoms with van der Waals surface area (Å²) >= 11 is 4.24. The van der Waals surface area contributed by atoms with Crippen LogP contribution in [-0.4, -0.2) is 102 Å². The van der Waals surface area contributed by atoms with Gasteiger partial charge in [-0.15, -0.1) is 12.6 Å². The first-order valence-corrected chi connectivity index (χ1v) is 12.3. The summed E-state index contributed by atoms with van der Waals surface area (Å²) in [5.41, 5.74) is 1.53. The van der Waals surface area contributed by atoms with Crippen LogP contribution in [0.25, 0.3) is 0 Å². The van der Waals surface area contributed by atoms with Gasteiger partial charge in [0.25, 0.3) is 5.91 Å². The molecule has 0 saturated carbocycles. The Kier molecular flexibility index (Phi) is 7.23. The number of aliphatic hydroxyl groups is 1. The number of carbonyl (C=O) groups is 3. The molecule has 3 heterocycles. The van der Waals surface area contributed by atoms with Crippen molar-refractivity contribution in [3.05, 3.63) is 29.8 Å². The molecular weight excluding hydrogens is 456 g/mol. The van der Waals surface area contributed by atoms with E-state index in [9.17, 15) is 19.5 Å². The van der Waals surface area contributed by atoms with Crippen molar-refractivity contribution in [2.24, 2.45) is 5.92 Å². The van der Waals surface area contributed by atoms with Crippen LogP contribution in [0.1, 0.15) is 30.6 Å². The van der Waals surface area contributed by atoms with Gasteiger partial charge in [-0.25, -0.2) is 0 Å². The molecule has 2 amide bonds. The molecule has 0 spiro atoms. The van der Waals surface area contributed by atoms with E-state index in [0.717, 1.165) is 31.9 Å². The average molecular weight is 491 g/mol. The van der Waals surface area contributed by atoms with Gasteiger partial charge in [0.1, 0.15) is 24.8 Å². The van der Waals surface area contributed by atoms with E-state index in [2.05, 4.69) is 34.8 Å². The Morgan fingerprint density at radius 2 is 1.88 bits per heavy atom. The molecule has 1 aromatic rings. The van der Waals surface area contributed by atoms with E-state index in [1.54, 1.807) is 12.1 Å². The zero-order valence-electron chi connectivity index (χ0n) is 19.9. The molecule has 0 radical (unpaired) electrons. The maximum atomic E-state index is 13.5. The molecule has 0 aromatic heterocycles. The van der Waals surface area contributed by atoms with Crippen molar-refractivity contribution >= 4 is 35.9 Å². The fraction of sp³-hybridized carbons (Fsp3) is 0.625. The molecular formula is C24H34N4O5S. The Labute approximate surface area is 205 Å². The first-order chi connectivity index (χ1) is 16.1. The summed E-state index contributed by atoms with van der Waals surface area (Å²) in [6.45, 7) is 7.37. The zero-order chi connectivity index (χ0) is 24.6. The molecule has 3 aliphatic rings. The summed E-state index contributed by atoms with van der Waals surface area (Å²) < 4.78 is 5.41. The van der Waals surface area contributed by atoms with Crippen LogP contribution in [0.3, 0.4) is 0 Å². The van der Waals surface area contributed by atoms with Crippen LogP contribution in [0.4, 0.5) is 5.69 Å². The Balaban J connectivity index is 1.47. The average Bonchev–Trinajstić information content (AvgIpc) is 3.35. The molecule has 3 saturated heterocycles. The zero-order valence-corrected chi connectivity index (χ0v) is 20.8. The van der Waals surface area contributed by atoms with E-state index in [0.29, 0.717) is 12.0 Å². The third kappa shape index (κ3) is 4.82. The highest BCUT2D eigenvalue weighted by molar-refractivity contribution is 7.81. The van der Waals surface area contributed by atoms with Crippen molar-refractivity contribution < 1.29 is 24.2 Å². The van der Waals surface area contributed by atoms with Gasteiger partial charge in [0.05, 0.1) is 6.54 Å². The number of β-amino-alcohol motifs (C(OH)–C–C–N with tert-alkyl or cyclic N) is 1. The molecule has 10 heteroatoms. The number of fused-ring (bicyclic) bond motifs is 1. The number of hydrogen-bond acceptors (Lipinski definition) is 8. The standard InChI is InChI=1S/C24H34N4O5S/c1-4-15(2)19(23(31)28-14-24(32,34)21-20(28)18(29)13-33-21)25-22(30)16-5-7-17(8-6-16)27-11-9-26(3)10-12-27/h5-8,15,19-21,32,34H,4,9-14H2,1-3H3,(H,25,30)/t15-,19-,20+,21-,24?/m0/s1. The number of ether oxygens (including phenoxy) is 1. The van der Waals surface area contributed by atoms with Crippen LogP contribution < -0.4 is 10.2 Å². The Morgan fingerprint density at radius 1 is 1.24 bits per heavy atom. The SMILES string of the molecule is CC[C@H](C)[C@H](NC(=O)c1ccc(N2CCN(C)CC2)cc1)C(=O)N1CC(O)(S)[C@H]2OCC(=O)[C@H]21. The van der Waals surface area contributed by atoms with Crippen LogP contribution in [0.2, 0.25) is 0 Å². The molecule has 3 aliphatic heterocycles. The number of ketones is 1. The van der Waals surface area contributed by atoms with Crippen LogP contribution in [0, 0.1) is 5.92 Å². The second-order valence-electron chi connectivity index (χ2n) is 9.66. The van der Waals surface area contributed by atoms with E-state index in [1.807, 2.05) is 26.0 Å². The quantitative estimate of drug-likeness (QED) is 0.391. The van der Waals surface area contributed by atoms with Gasteiger partial charge >= 0.3 is 0 Å². The van der Waals surface area contributed by atoms with Crippen LogP contribution in [-0.2, 0) is 14.3 Å². The van der Waals surface area contributed by atoms with Gasteiger partial charge in [0.15, 0.2) is 10.7 Å². The van der Waals surface area contributed by atoms with E-state index in [1.165, 1.54) is 4.90 Å².